The van der Waals surface area contributed by atoms with Gasteiger partial charge in [0, 0.05) is 85.4 Å². The monoisotopic (exact) mass is 1570 g/mol. The number of amides is 1. The molecule has 0 unspecified atom stereocenters. The number of likely N-dealkylation sites (tertiary alicyclic amines) is 1. The van der Waals surface area contributed by atoms with E-state index in [9.17, 15) is 33.9 Å². The highest BCUT2D eigenvalue weighted by atomic mass is 79.9. The molecule has 1 saturated heterocycles. The number of aromatic nitrogens is 10. The van der Waals surface area contributed by atoms with Crippen molar-refractivity contribution in [1.82, 2.24) is 59.5 Å². The first-order chi connectivity index (χ1) is 51.5. The van der Waals surface area contributed by atoms with Crippen LogP contribution in [0.3, 0.4) is 0 Å². The van der Waals surface area contributed by atoms with Crippen LogP contribution >= 0.6 is 43.5 Å². The summed E-state index contributed by atoms with van der Waals surface area (Å²) < 4.78 is 20.7. The van der Waals surface area contributed by atoms with Crippen LogP contribution < -0.4 is 10.1 Å². The quantitative estimate of drug-likeness (QED) is 0.0263. The predicted molar refractivity (Wildman–Crippen MR) is 408 cm³/mol. The van der Waals surface area contributed by atoms with Gasteiger partial charge in [-0.15, -0.1) is 0 Å². The van der Waals surface area contributed by atoms with Gasteiger partial charge in [-0.05, 0) is 175 Å². The number of nitrogens with one attached hydrogen (secondary N) is 2. The molecule has 5 aromatic heterocycles. The minimum absolute atomic E-state index is 0.179. The number of hydrogen-bond donors (Lipinski definition) is 4. The first-order valence-electron chi connectivity index (χ1n) is 35.7. The number of esters is 1. The van der Waals surface area contributed by atoms with Gasteiger partial charge in [-0.1, -0.05) is 147 Å². The first-order valence-corrected chi connectivity index (χ1v) is 37.7. The summed E-state index contributed by atoms with van der Waals surface area (Å²) in [7, 11) is 0. The maximum atomic E-state index is 13.1. The Hall–Kier alpha value is -10.2. The Bertz CT molecular complexity index is 4840. The van der Waals surface area contributed by atoms with Gasteiger partial charge in [0.1, 0.15) is 11.9 Å². The number of aliphatic hydroxyl groups excluding tert-OH is 1. The second-order valence-corrected chi connectivity index (χ2v) is 29.2. The zero-order valence-electron chi connectivity index (χ0n) is 58.2. The fraction of sp³-hybridized carbons (Fsp3) is 0.296. The van der Waals surface area contributed by atoms with E-state index in [1.165, 1.54) is 56.2 Å². The number of H-pyrrole nitrogens is 1. The molecule has 0 radical (unpaired) electrons. The molecule has 106 heavy (non-hydrogen) atoms. The zero-order chi connectivity index (χ0) is 73.8. The number of aliphatic carboxylic acids is 1. The number of carbonyl (C=O) groups excluding carboxylic acids is 5. The van der Waals surface area contributed by atoms with E-state index in [-0.39, 0.29) is 23.8 Å². The minimum Gasteiger partial charge on any atom is -0.489 e. The van der Waals surface area contributed by atoms with Gasteiger partial charge in [0.05, 0.1) is 76.4 Å². The summed E-state index contributed by atoms with van der Waals surface area (Å²) in [5, 5.41) is 48.1. The van der Waals surface area contributed by atoms with Crippen LogP contribution in [0.25, 0.3) is 56.3 Å². The molecule has 6 aromatic carbocycles. The van der Waals surface area contributed by atoms with Crippen LogP contribution in [0.1, 0.15) is 151 Å². The summed E-state index contributed by atoms with van der Waals surface area (Å²) in [4.78, 5) is 73.4. The van der Waals surface area contributed by atoms with Gasteiger partial charge in [-0.25, -0.2) is 9.59 Å². The fourth-order valence-electron chi connectivity index (χ4n) is 11.8. The smallest absolute Gasteiger partial charge is 0.379 e. The van der Waals surface area contributed by atoms with Crippen LogP contribution in [0.15, 0.2) is 210 Å². The van der Waals surface area contributed by atoms with Gasteiger partial charge in [0.25, 0.3) is 17.5 Å². The topological polar surface area (TPSA) is 277 Å². The molecule has 5 aliphatic carbocycles. The number of Topliss-reactive ketones (excluding diaryl/α,β-unsaturated/α-hetero) is 3. The van der Waals surface area contributed by atoms with Crippen molar-refractivity contribution >= 4 is 78.7 Å². The van der Waals surface area contributed by atoms with Crippen molar-refractivity contribution < 1.29 is 48.5 Å². The van der Waals surface area contributed by atoms with E-state index in [0.29, 0.717) is 52.6 Å². The second-order valence-electron chi connectivity index (χ2n) is 26.9. The number of carbonyl (C=O) groups is 6. The predicted octanol–water partition coefficient (Wildman–Crippen LogP) is 15.8. The molecule has 1 amide bonds. The van der Waals surface area contributed by atoms with E-state index >= 15 is 0 Å². The molecule has 4 N–H and O–H groups in total. The molecule has 11 aromatic rings. The van der Waals surface area contributed by atoms with Crippen LogP contribution in [0.4, 0.5) is 0 Å². The van der Waals surface area contributed by atoms with Gasteiger partial charge in [-0.2, -0.15) is 25.5 Å². The van der Waals surface area contributed by atoms with Crippen molar-refractivity contribution in [3.05, 3.63) is 237 Å². The minimum atomic E-state index is -1.44. The van der Waals surface area contributed by atoms with E-state index in [1.54, 1.807) is 79.9 Å². The number of aliphatic hydroxyl groups is 1. The standard InChI is InChI=1S/C30H33ClN4O4.C16H16N2O3.C14H12N2O3.C12H11BrN2.C9H7BrN2/c31-24-17-21(7-12-27(24)39-23-10-11-23)28(36)26(18-34-14-1-2-15-34)32-30(38)29(37)20-5-3-19(4-6-20)25-13-16-35(33-25)22-8-9-22;1-2-21-16(20)15(19)12-5-3-11(4-6-12)14-9-10-18(17-14)13-7-8-13;17-13(14(18)19)10-3-1-9(2-4-10)12-7-8-16(15-12)11-5-6-11;13-10-3-1-9(2-4-10)12-7-8-15(14-12)11-5-6-11;10-8-3-1-7(2-4-8)9-5-6-11-12-9/h3-7,12-13,16-17,22-23,26,28,36H,1-2,8-11,14-15,18H2,(H,32,38);3-6,9-10,13H,2,7-8H2,1H3;1-4,7-8,11H,5-6H2,(H,18,19);1-4,7-8,11H,5-6H2;1-6H,(H,11,12)/t26-,28-;;;;/m1..../s1. The lowest BCUT2D eigenvalue weighted by molar-refractivity contribution is -0.137. The van der Waals surface area contributed by atoms with Crippen molar-refractivity contribution in [2.24, 2.45) is 0 Å². The van der Waals surface area contributed by atoms with E-state index in [4.69, 9.17) is 26.2 Å². The Morgan fingerprint density at radius 2 is 0.934 bits per heavy atom. The average molecular weight is 1580 g/mol. The Morgan fingerprint density at radius 1 is 0.528 bits per heavy atom. The third-order valence-electron chi connectivity index (χ3n) is 18.6. The Labute approximate surface area is 634 Å². The maximum absolute atomic E-state index is 13.1. The summed E-state index contributed by atoms with van der Waals surface area (Å²) in [6.07, 6.45) is 22.7. The number of hydrogen-bond acceptors (Lipinski definition) is 15. The van der Waals surface area contributed by atoms with Crippen molar-refractivity contribution in [2.75, 3.05) is 26.2 Å². The van der Waals surface area contributed by atoms with Crippen LogP contribution in [0.2, 0.25) is 5.02 Å². The first kappa shape index (κ1) is 74.0. The highest BCUT2D eigenvalue weighted by Gasteiger charge is 2.32. The van der Waals surface area contributed by atoms with Crippen molar-refractivity contribution in [3.8, 4) is 62.0 Å². The molecule has 5 saturated carbocycles. The summed E-state index contributed by atoms with van der Waals surface area (Å²) in [5.41, 5.74) is 11.0. The Kier molecular flexibility index (Phi) is 24.0. The lowest BCUT2D eigenvalue weighted by Crippen LogP contribution is -2.48. The molecular weight excluding hydrogens is 1500 g/mol. The van der Waals surface area contributed by atoms with Gasteiger partial charge in [-0.3, -0.25) is 43.0 Å². The van der Waals surface area contributed by atoms with Gasteiger partial charge in [0.15, 0.2) is 0 Å². The summed E-state index contributed by atoms with van der Waals surface area (Å²) in [5.74, 6) is -4.57. The molecule has 6 heterocycles. The van der Waals surface area contributed by atoms with Gasteiger partial charge >= 0.3 is 11.9 Å². The molecule has 0 bridgehead atoms. The average Bonchev–Trinajstić information content (AvgIpc) is 1.58. The normalized spacial score (nSPS) is 15.7. The maximum Gasteiger partial charge on any atom is 0.379 e. The highest BCUT2D eigenvalue weighted by Crippen LogP contribution is 2.39. The molecule has 22 nitrogen and oxygen atoms in total. The third kappa shape index (κ3) is 20.0. The number of carboxylic acids is 1. The summed E-state index contributed by atoms with van der Waals surface area (Å²) in [6, 6.07) is 53.2. The Balaban J connectivity index is 0.000000126. The lowest BCUT2D eigenvalue weighted by Gasteiger charge is -2.28. The molecular formula is C81H79Br2ClN12O10. The summed E-state index contributed by atoms with van der Waals surface area (Å²) >= 11 is 13.3. The molecule has 25 heteroatoms. The molecule has 544 valence electrons. The van der Waals surface area contributed by atoms with Crippen LogP contribution in [0.5, 0.6) is 5.75 Å². The number of rotatable bonds is 23. The van der Waals surface area contributed by atoms with E-state index in [2.05, 4.69) is 102 Å². The highest BCUT2D eigenvalue weighted by molar-refractivity contribution is 9.10. The number of benzene rings is 6. The number of carboxylic acid groups (broad SMARTS) is 1. The van der Waals surface area contributed by atoms with Crippen LogP contribution in [-0.4, -0.2) is 138 Å². The zero-order valence-corrected chi connectivity index (χ0v) is 62.1. The Morgan fingerprint density at radius 3 is 1.31 bits per heavy atom. The molecule has 2 atom stereocenters. The molecule has 1 aliphatic heterocycles. The molecule has 6 aliphatic rings. The number of aromatic amines is 1. The van der Waals surface area contributed by atoms with E-state index in [0.717, 1.165) is 111 Å². The third-order valence-corrected chi connectivity index (χ3v) is 19.9. The molecule has 0 spiro atoms. The number of ketones is 3. The molecule has 6 fully saturated rings. The lowest BCUT2D eigenvalue weighted by atomic mass is 10.0. The van der Waals surface area contributed by atoms with Crippen molar-refractivity contribution in [1.29, 1.82) is 0 Å². The van der Waals surface area contributed by atoms with Crippen molar-refractivity contribution in [2.45, 2.75) is 126 Å². The molecule has 17 rings (SSSR count). The fourth-order valence-corrected chi connectivity index (χ4v) is 12.6. The van der Waals surface area contributed by atoms with Crippen LogP contribution in [0, 0.1) is 0 Å². The number of nitrogens with zero attached hydrogens (tertiary/aromatic N) is 10. The number of ether oxygens (including phenoxy) is 2. The largest absolute Gasteiger partial charge is 0.489 e. The van der Waals surface area contributed by atoms with Gasteiger partial charge < -0.3 is 29.9 Å². The second kappa shape index (κ2) is 34.3. The van der Waals surface area contributed by atoms with Crippen LogP contribution in [-0.2, 0) is 19.1 Å². The van der Waals surface area contributed by atoms with Crippen molar-refractivity contribution in [3.63, 3.8) is 0 Å². The SMILES string of the molecule is Brc1ccc(-c2ccn(C3CC3)n2)cc1.Brc1ccc(-c2ccn[nH]2)cc1.CCOC(=O)C(=O)c1ccc(-c2ccn(C3CC3)n2)cc1.O=C(N[C@H](CN1CCCC1)[C@H](O)c1ccc(OC2CC2)c(Cl)c1)C(=O)c1ccc(-c2ccn(C3CC3)n2)cc1.O=C(O)C(=O)c1ccc(-c2ccn(C3CC3)n2)cc1. The van der Waals surface area contributed by atoms with E-state index < -0.39 is 47.3 Å². The van der Waals surface area contributed by atoms with E-state index in [1.807, 2.05) is 105 Å². The van der Waals surface area contributed by atoms with Gasteiger partial charge in [0.2, 0.25) is 5.78 Å². The number of halogens is 3. The summed E-state index contributed by atoms with van der Waals surface area (Å²) in [6.45, 7) is 4.08.